The van der Waals surface area contributed by atoms with Crippen molar-refractivity contribution in [3.05, 3.63) is 47.5 Å². The molecule has 0 saturated heterocycles. The maximum atomic E-state index is 13.4. The van der Waals surface area contributed by atoms with Crippen LogP contribution >= 0.6 is 0 Å². The molecule has 0 radical (unpaired) electrons. The number of hydrazine groups is 2. The zero-order valence-corrected chi connectivity index (χ0v) is 23.0. The molecule has 0 unspecified atom stereocenters. The highest BCUT2D eigenvalue weighted by Crippen LogP contribution is 2.20. The number of rotatable bonds is 16. The number of hydrogen-bond donors (Lipinski definition) is 3. The number of carbonyl (C=O) groups excluding carboxylic acids is 4. The fourth-order valence-corrected chi connectivity index (χ4v) is 4.37. The maximum absolute atomic E-state index is 13.4. The predicted molar refractivity (Wildman–Crippen MR) is 151 cm³/mol. The van der Waals surface area contributed by atoms with Crippen LogP contribution in [0.15, 0.2) is 36.4 Å². The molecule has 4 N–H and O–H groups in total. The van der Waals surface area contributed by atoms with Crippen molar-refractivity contribution in [2.45, 2.75) is 104 Å². The van der Waals surface area contributed by atoms with Gasteiger partial charge in [0.1, 0.15) is 0 Å². The molecule has 0 aromatic heterocycles. The van der Waals surface area contributed by atoms with E-state index in [1.165, 1.54) is 12.8 Å². The van der Waals surface area contributed by atoms with E-state index in [0.717, 1.165) is 73.6 Å². The molecule has 2 rings (SSSR count). The minimum Gasteiger partial charge on any atom is -0.290 e. The molecular formula is C30H44N4O4. The molecule has 0 saturated carbocycles. The number of nitrogen functional groups attached to an aromatic ring is 1. The fraction of sp³-hybridized carbons (Fsp3) is 0.533. The van der Waals surface area contributed by atoms with Crippen molar-refractivity contribution in [3.8, 4) is 0 Å². The van der Waals surface area contributed by atoms with Gasteiger partial charge in [-0.1, -0.05) is 90.2 Å². The van der Waals surface area contributed by atoms with Crippen LogP contribution in [0.1, 0.15) is 124 Å². The molecule has 38 heavy (non-hydrogen) atoms. The highest BCUT2D eigenvalue weighted by molar-refractivity contribution is 6.07. The van der Waals surface area contributed by atoms with Gasteiger partial charge in [-0.2, -0.15) is 5.01 Å². The molecule has 0 bridgehead atoms. The van der Waals surface area contributed by atoms with Gasteiger partial charge in [0.25, 0.3) is 11.8 Å². The Morgan fingerprint density at radius 3 is 1.76 bits per heavy atom. The van der Waals surface area contributed by atoms with Gasteiger partial charge in [-0.15, -0.1) is 0 Å². The third kappa shape index (κ3) is 10.2. The molecule has 0 aliphatic heterocycles. The molecule has 0 atom stereocenters. The van der Waals surface area contributed by atoms with Gasteiger partial charge >= 0.3 is 0 Å². The molecule has 0 spiro atoms. The van der Waals surface area contributed by atoms with Gasteiger partial charge in [0, 0.05) is 24.0 Å². The van der Waals surface area contributed by atoms with Crippen LogP contribution in [0, 0.1) is 0 Å². The minimum absolute atomic E-state index is 0.195. The summed E-state index contributed by atoms with van der Waals surface area (Å²) < 4.78 is 0. The number of nitrogens with zero attached hydrogens (tertiary/aromatic N) is 1. The van der Waals surface area contributed by atoms with Crippen molar-refractivity contribution in [3.63, 3.8) is 0 Å². The summed E-state index contributed by atoms with van der Waals surface area (Å²) in [5.74, 6) is 3.51. The van der Waals surface area contributed by atoms with Crippen molar-refractivity contribution < 1.29 is 19.2 Å². The number of carbonyl (C=O) groups is 4. The third-order valence-corrected chi connectivity index (χ3v) is 6.67. The van der Waals surface area contributed by atoms with E-state index < -0.39 is 17.7 Å². The number of nitrogens with one attached hydrogen (secondary N) is 2. The number of hydrogen-bond acceptors (Lipinski definition) is 5. The number of imide groups is 1. The molecule has 4 amide bonds. The lowest BCUT2D eigenvalue weighted by Gasteiger charge is -2.22. The Morgan fingerprint density at radius 2 is 1.18 bits per heavy atom. The van der Waals surface area contributed by atoms with Crippen molar-refractivity contribution >= 4 is 34.4 Å². The van der Waals surface area contributed by atoms with E-state index in [9.17, 15) is 19.2 Å². The van der Waals surface area contributed by atoms with Crippen molar-refractivity contribution in [2.24, 2.45) is 5.84 Å². The number of benzene rings is 2. The first-order valence-corrected chi connectivity index (χ1v) is 14.1. The Balaban J connectivity index is 2.10. The largest absolute Gasteiger partial charge is 0.290 e. The van der Waals surface area contributed by atoms with Crippen LogP contribution in [0.4, 0.5) is 0 Å². The second kappa shape index (κ2) is 17.3. The Morgan fingerprint density at radius 1 is 0.684 bits per heavy atom. The summed E-state index contributed by atoms with van der Waals surface area (Å²) in [6.07, 6.45) is 12.8. The molecule has 8 heteroatoms. The van der Waals surface area contributed by atoms with E-state index in [4.69, 9.17) is 5.84 Å². The SMILES string of the molecule is CCCCCCCCC(=O)NN(C(=O)CCCCCCCC)C(=O)c1ccc2cc(C(=O)NN)ccc2c1. The Labute approximate surface area is 226 Å². The smallest absolute Gasteiger partial charge is 0.279 e. The summed E-state index contributed by atoms with van der Waals surface area (Å²) in [5, 5.41) is 2.37. The Kier molecular flexibility index (Phi) is 14.1. The predicted octanol–water partition coefficient (Wildman–Crippen LogP) is 5.94. The molecular weight excluding hydrogens is 480 g/mol. The van der Waals surface area contributed by atoms with Crippen molar-refractivity contribution in [2.75, 3.05) is 0 Å². The van der Waals surface area contributed by atoms with E-state index >= 15 is 0 Å². The quantitative estimate of drug-likeness (QED) is 0.108. The first kappa shape index (κ1) is 31.0. The number of nitrogens with two attached hydrogens (primary N) is 1. The van der Waals surface area contributed by atoms with Gasteiger partial charge in [-0.05, 0) is 47.9 Å². The average molecular weight is 525 g/mol. The van der Waals surface area contributed by atoms with E-state index in [-0.39, 0.29) is 24.3 Å². The average Bonchev–Trinajstić information content (AvgIpc) is 2.93. The molecule has 0 heterocycles. The van der Waals surface area contributed by atoms with E-state index in [0.29, 0.717) is 12.0 Å². The summed E-state index contributed by atoms with van der Waals surface area (Å²) >= 11 is 0. The molecule has 0 aliphatic rings. The lowest BCUT2D eigenvalue weighted by molar-refractivity contribution is -0.138. The van der Waals surface area contributed by atoms with Crippen LogP contribution in [-0.4, -0.2) is 28.6 Å². The number of fused-ring (bicyclic) bond motifs is 1. The van der Waals surface area contributed by atoms with Crippen LogP contribution in [0.3, 0.4) is 0 Å². The first-order chi connectivity index (χ1) is 18.4. The van der Waals surface area contributed by atoms with Crippen LogP contribution in [0.25, 0.3) is 10.8 Å². The van der Waals surface area contributed by atoms with Crippen LogP contribution in [0.5, 0.6) is 0 Å². The van der Waals surface area contributed by atoms with Crippen LogP contribution < -0.4 is 16.7 Å². The molecule has 0 aliphatic carbocycles. The molecule has 2 aromatic carbocycles. The maximum Gasteiger partial charge on any atom is 0.279 e. The molecule has 0 fully saturated rings. The first-order valence-electron chi connectivity index (χ1n) is 14.1. The van der Waals surface area contributed by atoms with Crippen LogP contribution in [-0.2, 0) is 9.59 Å². The third-order valence-electron chi connectivity index (χ3n) is 6.67. The number of unbranched alkanes of at least 4 members (excludes halogenated alkanes) is 10. The Hall–Kier alpha value is -3.26. The normalized spacial score (nSPS) is 10.8. The second-order valence-corrected chi connectivity index (χ2v) is 9.85. The monoisotopic (exact) mass is 524 g/mol. The van der Waals surface area contributed by atoms with Crippen molar-refractivity contribution in [1.29, 1.82) is 0 Å². The van der Waals surface area contributed by atoms with Crippen LogP contribution in [0.2, 0.25) is 0 Å². The van der Waals surface area contributed by atoms with Gasteiger partial charge in [0.2, 0.25) is 11.8 Å². The standard InChI is InChI=1S/C30H44N4O4/c1-3-5-7-9-11-13-15-27(35)33-34(28(36)16-14-12-10-8-6-4-2)30(38)26-20-18-23-21-25(29(37)32-31)19-17-24(23)22-26/h17-22H,3-16,31H2,1-2H3,(H,32,37)(H,33,35). The van der Waals surface area contributed by atoms with Gasteiger partial charge < -0.3 is 0 Å². The number of amides is 4. The summed E-state index contributed by atoms with van der Waals surface area (Å²) in [5.41, 5.74) is 5.37. The Bertz CT molecular complexity index is 1070. The van der Waals surface area contributed by atoms with Gasteiger partial charge in [-0.25, -0.2) is 5.84 Å². The zero-order chi connectivity index (χ0) is 27.8. The molecule has 2 aromatic rings. The topological polar surface area (TPSA) is 122 Å². The van der Waals surface area contributed by atoms with E-state index in [1.807, 2.05) is 0 Å². The van der Waals surface area contributed by atoms with Gasteiger partial charge in [0.05, 0.1) is 0 Å². The zero-order valence-electron chi connectivity index (χ0n) is 23.0. The summed E-state index contributed by atoms with van der Waals surface area (Å²) in [6, 6.07) is 9.98. The van der Waals surface area contributed by atoms with E-state index in [1.54, 1.807) is 36.4 Å². The lowest BCUT2D eigenvalue weighted by atomic mass is 10.0. The fourth-order valence-electron chi connectivity index (χ4n) is 4.37. The van der Waals surface area contributed by atoms with Gasteiger partial charge in [0.15, 0.2) is 0 Å². The molecule has 208 valence electrons. The summed E-state index contributed by atoms with van der Waals surface area (Å²) in [4.78, 5) is 51.0. The second-order valence-electron chi connectivity index (χ2n) is 9.85. The minimum atomic E-state index is -0.567. The van der Waals surface area contributed by atoms with Crippen molar-refractivity contribution in [1.82, 2.24) is 15.9 Å². The highest BCUT2D eigenvalue weighted by Gasteiger charge is 2.25. The molecule has 8 nitrogen and oxygen atoms in total. The highest BCUT2D eigenvalue weighted by atomic mass is 16.2. The van der Waals surface area contributed by atoms with Gasteiger partial charge in [-0.3, -0.25) is 30.0 Å². The van der Waals surface area contributed by atoms with E-state index in [2.05, 4.69) is 24.7 Å². The summed E-state index contributed by atoms with van der Waals surface area (Å²) in [7, 11) is 0. The summed E-state index contributed by atoms with van der Waals surface area (Å²) in [6.45, 7) is 4.32. The lowest BCUT2D eigenvalue weighted by Crippen LogP contribution is -2.49.